The van der Waals surface area contributed by atoms with Crippen molar-refractivity contribution in [2.75, 3.05) is 37.6 Å². The summed E-state index contributed by atoms with van der Waals surface area (Å²) < 4.78 is 13.6. The Morgan fingerprint density at radius 1 is 1.24 bits per heavy atom. The zero-order chi connectivity index (χ0) is 20.8. The van der Waals surface area contributed by atoms with E-state index in [4.69, 9.17) is 16.9 Å². The van der Waals surface area contributed by atoms with Gasteiger partial charge in [-0.25, -0.2) is 4.39 Å². The van der Waals surface area contributed by atoms with E-state index >= 15 is 0 Å². The number of hydrogen-bond acceptors (Lipinski definition) is 4. The van der Waals surface area contributed by atoms with E-state index in [-0.39, 0.29) is 24.2 Å². The first-order valence-electron chi connectivity index (χ1n) is 10.6. The molecule has 0 aromatic heterocycles. The fourth-order valence-corrected chi connectivity index (χ4v) is 4.68. The standard InChI is InChI=1S/C22H30ClFN4O/c1-16-14-21(19(23)15-20(16)24)28-12-10-27(11-13-28)9-7-17-2-4-18(5-3-17)26-22(29)6-8-25/h14-15,17-18H,2-7,9-13H2,1H3,(H,26,29). The quantitative estimate of drug-likeness (QED) is 0.758. The first kappa shape index (κ1) is 21.9. The number of hydrogen-bond donors (Lipinski definition) is 1. The average molecular weight is 421 g/mol. The van der Waals surface area contributed by atoms with Gasteiger partial charge in [-0.2, -0.15) is 5.26 Å². The Bertz CT molecular complexity index is 750. The Labute approximate surface area is 177 Å². The predicted molar refractivity (Wildman–Crippen MR) is 114 cm³/mol. The minimum atomic E-state index is -0.253. The van der Waals surface area contributed by atoms with Gasteiger partial charge in [0, 0.05) is 32.2 Å². The summed E-state index contributed by atoms with van der Waals surface area (Å²) >= 11 is 6.26. The van der Waals surface area contributed by atoms with E-state index in [0.29, 0.717) is 16.5 Å². The van der Waals surface area contributed by atoms with Gasteiger partial charge in [-0.15, -0.1) is 0 Å². The summed E-state index contributed by atoms with van der Waals surface area (Å²) in [5.74, 6) is 0.313. The molecule has 0 atom stereocenters. The summed E-state index contributed by atoms with van der Waals surface area (Å²) in [4.78, 5) is 16.3. The zero-order valence-corrected chi connectivity index (χ0v) is 17.8. The molecule has 1 aliphatic heterocycles. The molecule has 1 aliphatic carbocycles. The van der Waals surface area contributed by atoms with Gasteiger partial charge in [-0.05, 0) is 69.2 Å². The lowest BCUT2D eigenvalue weighted by molar-refractivity contribution is -0.121. The molecule has 1 N–H and O–H groups in total. The fourth-order valence-electron chi connectivity index (χ4n) is 4.41. The summed E-state index contributed by atoms with van der Waals surface area (Å²) in [5, 5.41) is 12.0. The second-order valence-corrected chi connectivity index (χ2v) is 8.70. The van der Waals surface area contributed by atoms with Crippen molar-refractivity contribution in [3.63, 3.8) is 0 Å². The highest BCUT2D eigenvalue weighted by atomic mass is 35.5. The maximum absolute atomic E-state index is 13.6. The molecule has 5 nitrogen and oxygen atoms in total. The molecule has 0 bridgehead atoms. The van der Waals surface area contributed by atoms with E-state index in [2.05, 4.69) is 15.1 Å². The lowest BCUT2D eigenvalue weighted by atomic mass is 9.84. The Balaban J connectivity index is 1.37. The van der Waals surface area contributed by atoms with Crippen molar-refractivity contribution in [3.05, 3.63) is 28.5 Å². The van der Waals surface area contributed by atoms with Gasteiger partial charge in [-0.3, -0.25) is 9.69 Å². The molecule has 29 heavy (non-hydrogen) atoms. The highest BCUT2D eigenvalue weighted by molar-refractivity contribution is 6.33. The molecular formula is C22H30ClFN4O. The number of benzene rings is 1. The van der Waals surface area contributed by atoms with Crippen LogP contribution in [0.2, 0.25) is 5.02 Å². The van der Waals surface area contributed by atoms with E-state index in [1.807, 2.05) is 12.1 Å². The number of halogens is 2. The minimum absolute atomic E-state index is 0.0470. The maximum atomic E-state index is 13.6. The number of piperazine rings is 1. The van der Waals surface area contributed by atoms with Crippen LogP contribution in [0.4, 0.5) is 10.1 Å². The molecule has 7 heteroatoms. The normalized spacial score (nSPS) is 22.9. The largest absolute Gasteiger partial charge is 0.368 e. The van der Waals surface area contributed by atoms with Crippen molar-refractivity contribution in [1.82, 2.24) is 10.2 Å². The van der Waals surface area contributed by atoms with Gasteiger partial charge in [0.15, 0.2) is 0 Å². The third kappa shape index (κ3) is 6.07. The Hall–Kier alpha value is -1.84. The van der Waals surface area contributed by atoms with Gasteiger partial charge in [0.25, 0.3) is 0 Å². The third-order valence-electron chi connectivity index (χ3n) is 6.25. The van der Waals surface area contributed by atoms with Crippen molar-refractivity contribution in [3.8, 4) is 6.07 Å². The van der Waals surface area contributed by atoms with Crippen LogP contribution in [0.5, 0.6) is 0 Å². The summed E-state index contributed by atoms with van der Waals surface area (Å²) in [7, 11) is 0. The molecule has 1 saturated carbocycles. The lowest BCUT2D eigenvalue weighted by Crippen LogP contribution is -2.47. The molecule has 1 saturated heterocycles. The predicted octanol–water partition coefficient (Wildman–Crippen LogP) is 3.89. The molecule has 2 fully saturated rings. The Morgan fingerprint density at radius 3 is 2.59 bits per heavy atom. The van der Waals surface area contributed by atoms with Gasteiger partial charge in [0.1, 0.15) is 12.2 Å². The molecule has 1 amide bonds. The first-order valence-corrected chi connectivity index (χ1v) is 10.9. The topological polar surface area (TPSA) is 59.4 Å². The summed E-state index contributed by atoms with van der Waals surface area (Å²) in [5.41, 5.74) is 1.56. The van der Waals surface area contributed by atoms with Crippen molar-refractivity contribution in [2.24, 2.45) is 5.92 Å². The van der Waals surface area contributed by atoms with Crippen LogP contribution in [0.15, 0.2) is 12.1 Å². The van der Waals surface area contributed by atoms with Gasteiger partial charge < -0.3 is 10.2 Å². The number of aryl methyl sites for hydroxylation is 1. The van der Waals surface area contributed by atoms with E-state index in [1.54, 1.807) is 6.92 Å². The molecule has 1 aromatic carbocycles. The number of nitrogens with one attached hydrogen (secondary N) is 1. The zero-order valence-electron chi connectivity index (χ0n) is 17.1. The van der Waals surface area contributed by atoms with Gasteiger partial charge in [0.2, 0.25) is 5.91 Å². The van der Waals surface area contributed by atoms with Gasteiger partial charge in [0.05, 0.1) is 16.8 Å². The van der Waals surface area contributed by atoms with Crippen LogP contribution >= 0.6 is 11.6 Å². The number of rotatable bonds is 6. The number of amides is 1. The smallest absolute Gasteiger partial charge is 0.234 e. The molecule has 158 valence electrons. The van der Waals surface area contributed by atoms with Crippen molar-refractivity contribution in [2.45, 2.75) is 51.5 Å². The van der Waals surface area contributed by atoms with E-state index in [0.717, 1.165) is 64.1 Å². The van der Waals surface area contributed by atoms with Crippen LogP contribution in [-0.2, 0) is 4.79 Å². The molecule has 3 rings (SSSR count). The SMILES string of the molecule is Cc1cc(N2CCN(CCC3CCC(NC(=O)CC#N)CC3)CC2)c(Cl)cc1F. The number of nitriles is 1. The molecule has 1 aromatic rings. The lowest BCUT2D eigenvalue weighted by Gasteiger charge is -2.37. The molecular weight excluding hydrogens is 391 g/mol. The second-order valence-electron chi connectivity index (χ2n) is 8.29. The van der Waals surface area contributed by atoms with Crippen molar-refractivity contribution in [1.29, 1.82) is 5.26 Å². The second kappa shape index (κ2) is 10.3. The molecule has 1 heterocycles. The molecule has 2 aliphatic rings. The maximum Gasteiger partial charge on any atom is 0.234 e. The monoisotopic (exact) mass is 420 g/mol. The van der Waals surface area contributed by atoms with Gasteiger partial charge in [-0.1, -0.05) is 11.6 Å². The van der Waals surface area contributed by atoms with Crippen LogP contribution < -0.4 is 10.2 Å². The van der Waals surface area contributed by atoms with Crippen LogP contribution in [0, 0.1) is 30.0 Å². The van der Waals surface area contributed by atoms with Crippen molar-refractivity contribution >= 4 is 23.2 Å². The molecule has 0 radical (unpaired) electrons. The van der Waals surface area contributed by atoms with E-state index in [9.17, 15) is 9.18 Å². The van der Waals surface area contributed by atoms with Crippen molar-refractivity contribution < 1.29 is 9.18 Å². The summed E-state index contributed by atoms with van der Waals surface area (Å²) in [6, 6.07) is 5.40. The fraction of sp³-hybridized carbons (Fsp3) is 0.636. The summed E-state index contributed by atoms with van der Waals surface area (Å²) in [6.45, 7) is 6.67. The van der Waals surface area contributed by atoms with E-state index < -0.39 is 0 Å². The minimum Gasteiger partial charge on any atom is -0.368 e. The third-order valence-corrected chi connectivity index (χ3v) is 6.55. The average Bonchev–Trinajstić information content (AvgIpc) is 2.71. The molecule has 0 spiro atoms. The van der Waals surface area contributed by atoms with E-state index in [1.165, 1.54) is 12.5 Å². The highest BCUT2D eigenvalue weighted by Gasteiger charge is 2.24. The number of carbonyl (C=O) groups excluding carboxylic acids is 1. The molecule has 0 unspecified atom stereocenters. The van der Waals surface area contributed by atoms with Gasteiger partial charge >= 0.3 is 0 Å². The Kier molecular flexibility index (Phi) is 7.74. The van der Waals surface area contributed by atoms with Crippen LogP contribution in [0.3, 0.4) is 0 Å². The number of nitrogens with zero attached hydrogens (tertiary/aromatic N) is 3. The highest BCUT2D eigenvalue weighted by Crippen LogP contribution is 2.30. The Morgan fingerprint density at radius 2 is 1.93 bits per heavy atom. The first-order chi connectivity index (χ1) is 14.0. The van der Waals surface area contributed by atoms with Crippen LogP contribution in [0.1, 0.15) is 44.1 Å². The number of carbonyl (C=O) groups is 1. The van der Waals surface area contributed by atoms with Crippen LogP contribution in [-0.4, -0.2) is 49.6 Å². The number of anilines is 1. The summed E-state index contributed by atoms with van der Waals surface area (Å²) in [6.07, 6.45) is 5.45. The van der Waals surface area contributed by atoms with Crippen LogP contribution in [0.25, 0.3) is 0 Å².